The average molecular weight is 322 g/mol. The Labute approximate surface area is 139 Å². The predicted molar refractivity (Wildman–Crippen MR) is 93.5 cm³/mol. The Morgan fingerprint density at radius 2 is 1.96 bits per heavy atom. The molecule has 24 heavy (non-hydrogen) atoms. The van der Waals surface area contributed by atoms with Gasteiger partial charge in [0.2, 0.25) is 0 Å². The summed E-state index contributed by atoms with van der Waals surface area (Å²) in [6, 6.07) is 15.2. The fourth-order valence-electron chi connectivity index (χ4n) is 2.46. The highest BCUT2D eigenvalue weighted by molar-refractivity contribution is 6.04. The van der Waals surface area contributed by atoms with E-state index in [1.807, 2.05) is 37.3 Å². The van der Waals surface area contributed by atoms with Crippen molar-refractivity contribution >= 4 is 22.4 Å². The number of amides is 1. The third kappa shape index (κ3) is 3.30. The van der Waals surface area contributed by atoms with Crippen molar-refractivity contribution in [2.24, 2.45) is 5.10 Å². The number of nitrogens with zero attached hydrogens (tertiary/aromatic N) is 1. The van der Waals surface area contributed by atoms with E-state index in [-0.39, 0.29) is 11.7 Å². The molecular formula is C19H18N2O3. The number of hydrazone groups is 1. The summed E-state index contributed by atoms with van der Waals surface area (Å²) in [5.74, 6) is 0.696. The molecule has 1 amide bonds. The first-order valence-corrected chi connectivity index (χ1v) is 7.70. The molecule has 0 bridgehead atoms. The van der Waals surface area contributed by atoms with Gasteiger partial charge in [0.05, 0.1) is 19.1 Å². The van der Waals surface area contributed by atoms with Crippen LogP contribution in [-0.4, -0.2) is 18.7 Å². The molecule has 3 aromatic rings. The SMILES string of the molecule is CC/C(=N/NC(=O)c1ccco1)c1ccc2cc(OC)ccc2c1. The molecule has 0 aliphatic rings. The van der Waals surface area contributed by atoms with Crippen molar-refractivity contribution in [1.82, 2.24) is 5.43 Å². The van der Waals surface area contributed by atoms with E-state index >= 15 is 0 Å². The Morgan fingerprint density at radius 1 is 1.17 bits per heavy atom. The van der Waals surface area contributed by atoms with Gasteiger partial charge in [-0.1, -0.05) is 25.1 Å². The van der Waals surface area contributed by atoms with Crippen LogP contribution in [-0.2, 0) is 0 Å². The first-order chi connectivity index (χ1) is 11.7. The van der Waals surface area contributed by atoms with Crippen LogP contribution in [0.3, 0.4) is 0 Å². The Bertz CT molecular complexity index is 883. The van der Waals surface area contributed by atoms with E-state index in [9.17, 15) is 4.79 Å². The number of methoxy groups -OCH3 is 1. The summed E-state index contributed by atoms with van der Waals surface area (Å²) in [5.41, 5.74) is 4.30. The van der Waals surface area contributed by atoms with Gasteiger partial charge >= 0.3 is 5.91 Å². The quantitative estimate of drug-likeness (QED) is 0.571. The van der Waals surface area contributed by atoms with E-state index in [1.54, 1.807) is 19.2 Å². The van der Waals surface area contributed by atoms with Crippen LogP contribution in [0.1, 0.15) is 29.5 Å². The molecule has 0 aliphatic carbocycles. The van der Waals surface area contributed by atoms with Crippen LogP contribution >= 0.6 is 0 Å². The number of carbonyl (C=O) groups excluding carboxylic acids is 1. The van der Waals surface area contributed by atoms with Crippen molar-refractivity contribution < 1.29 is 13.9 Å². The van der Waals surface area contributed by atoms with E-state index in [0.29, 0.717) is 6.42 Å². The third-order valence-corrected chi connectivity index (χ3v) is 3.75. The topological polar surface area (TPSA) is 63.8 Å². The number of furan rings is 1. The van der Waals surface area contributed by atoms with Crippen molar-refractivity contribution in [3.63, 3.8) is 0 Å². The molecule has 0 unspecified atom stereocenters. The number of ether oxygens (including phenoxy) is 1. The summed E-state index contributed by atoms with van der Waals surface area (Å²) in [6.07, 6.45) is 2.15. The zero-order valence-corrected chi connectivity index (χ0v) is 13.6. The summed E-state index contributed by atoms with van der Waals surface area (Å²) in [5, 5.41) is 6.42. The lowest BCUT2D eigenvalue weighted by atomic mass is 10.0. The van der Waals surface area contributed by atoms with Crippen LogP contribution in [0.15, 0.2) is 64.3 Å². The monoisotopic (exact) mass is 322 g/mol. The van der Waals surface area contributed by atoms with Gasteiger partial charge in [0, 0.05) is 0 Å². The molecule has 1 heterocycles. The van der Waals surface area contributed by atoms with Gasteiger partial charge in [-0.25, -0.2) is 5.43 Å². The summed E-state index contributed by atoms with van der Waals surface area (Å²) in [4.78, 5) is 11.9. The molecule has 0 saturated heterocycles. The molecule has 0 radical (unpaired) electrons. The van der Waals surface area contributed by atoms with E-state index in [1.165, 1.54) is 6.26 Å². The van der Waals surface area contributed by atoms with Crippen molar-refractivity contribution in [1.29, 1.82) is 0 Å². The Hall–Kier alpha value is -3.08. The summed E-state index contributed by atoms with van der Waals surface area (Å²) >= 11 is 0. The summed E-state index contributed by atoms with van der Waals surface area (Å²) in [6.45, 7) is 2.00. The molecular weight excluding hydrogens is 304 g/mol. The summed E-state index contributed by atoms with van der Waals surface area (Å²) in [7, 11) is 1.65. The Kier molecular flexibility index (Phi) is 4.61. The standard InChI is InChI=1S/C19H18N2O3/c1-3-17(20-21-19(22)18-5-4-10-24-18)15-7-6-14-12-16(23-2)9-8-13(14)11-15/h4-12H,3H2,1-2H3,(H,21,22)/b20-17-. The molecule has 0 fully saturated rings. The minimum absolute atomic E-state index is 0.236. The zero-order chi connectivity index (χ0) is 16.9. The van der Waals surface area contributed by atoms with E-state index in [2.05, 4.69) is 16.6 Å². The Morgan fingerprint density at radius 3 is 2.67 bits per heavy atom. The van der Waals surface area contributed by atoms with Gasteiger partial charge in [-0.3, -0.25) is 4.79 Å². The maximum atomic E-state index is 11.9. The minimum Gasteiger partial charge on any atom is -0.497 e. The second kappa shape index (κ2) is 7.00. The zero-order valence-electron chi connectivity index (χ0n) is 13.6. The fourth-order valence-corrected chi connectivity index (χ4v) is 2.46. The molecule has 0 spiro atoms. The van der Waals surface area contributed by atoms with Crippen LogP contribution in [0.5, 0.6) is 5.75 Å². The van der Waals surface area contributed by atoms with Crippen LogP contribution in [0.4, 0.5) is 0 Å². The van der Waals surface area contributed by atoms with Gasteiger partial charge in [-0.15, -0.1) is 0 Å². The number of carbonyl (C=O) groups is 1. The van der Waals surface area contributed by atoms with E-state index in [4.69, 9.17) is 9.15 Å². The van der Waals surface area contributed by atoms with Gasteiger partial charge < -0.3 is 9.15 Å². The minimum atomic E-state index is -0.364. The molecule has 5 nitrogen and oxygen atoms in total. The lowest BCUT2D eigenvalue weighted by Gasteiger charge is -2.07. The van der Waals surface area contributed by atoms with Gasteiger partial charge in [0.25, 0.3) is 0 Å². The molecule has 1 N–H and O–H groups in total. The van der Waals surface area contributed by atoms with Crippen molar-refractivity contribution in [2.45, 2.75) is 13.3 Å². The van der Waals surface area contributed by atoms with Gasteiger partial charge in [-0.05, 0) is 53.1 Å². The molecule has 0 saturated carbocycles. The van der Waals surface area contributed by atoms with Gasteiger partial charge in [-0.2, -0.15) is 5.10 Å². The van der Waals surface area contributed by atoms with Gasteiger partial charge in [0.15, 0.2) is 5.76 Å². The fraction of sp³-hybridized carbons (Fsp3) is 0.158. The molecule has 122 valence electrons. The highest BCUT2D eigenvalue weighted by Crippen LogP contribution is 2.22. The van der Waals surface area contributed by atoms with Crippen LogP contribution in [0.2, 0.25) is 0 Å². The molecule has 3 rings (SSSR count). The maximum Gasteiger partial charge on any atom is 0.307 e. The highest BCUT2D eigenvalue weighted by atomic mass is 16.5. The highest BCUT2D eigenvalue weighted by Gasteiger charge is 2.09. The van der Waals surface area contributed by atoms with E-state index < -0.39 is 0 Å². The smallest absolute Gasteiger partial charge is 0.307 e. The van der Waals surface area contributed by atoms with Crippen molar-refractivity contribution in [2.75, 3.05) is 7.11 Å². The molecule has 5 heteroatoms. The number of fused-ring (bicyclic) bond motifs is 1. The number of benzene rings is 2. The number of nitrogens with one attached hydrogen (secondary N) is 1. The first-order valence-electron chi connectivity index (χ1n) is 7.70. The predicted octanol–water partition coefficient (Wildman–Crippen LogP) is 3.99. The second-order valence-electron chi connectivity index (χ2n) is 5.26. The lowest BCUT2D eigenvalue weighted by molar-refractivity contribution is 0.0927. The van der Waals surface area contributed by atoms with E-state index in [0.717, 1.165) is 27.8 Å². The van der Waals surface area contributed by atoms with Crippen molar-refractivity contribution in [3.05, 3.63) is 66.1 Å². The number of hydrogen-bond donors (Lipinski definition) is 1. The third-order valence-electron chi connectivity index (χ3n) is 3.75. The second-order valence-corrected chi connectivity index (χ2v) is 5.26. The van der Waals surface area contributed by atoms with Gasteiger partial charge in [0.1, 0.15) is 5.75 Å². The molecule has 0 atom stereocenters. The largest absolute Gasteiger partial charge is 0.497 e. The number of hydrogen-bond acceptors (Lipinski definition) is 4. The normalized spacial score (nSPS) is 11.5. The molecule has 1 aromatic heterocycles. The average Bonchev–Trinajstić information content (AvgIpc) is 3.16. The van der Waals surface area contributed by atoms with Crippen molar-refractivity contribution in [3.8, 4) is 5.75 Å². The number of rotatable bonds is 5. The molecule has 2 aromatic carbocycles. The summed E-state index contributed by atoms with van der Waals surface area (Å²) < 4.78 is 10.3. The Balaban J connectivity index is 1.85. The van der Waals surface area contributed by atoms with Crippen LogP contribution in [0.25, 0.3) is 10.8 Å². The maximum absolute atomic E-state index is 11.9. The van der Waals surface area contributed by atoms with Crippen LogP contribution in [0, 0.1) is 0 Å². The molecule has 0 aliphatic heterocycles. The lowest BCUT2D eigenvalue weighted by Crippen LogP contribution is -2.19. The van der Waals surface area contributed by atoms with Crippen LogP contribution < -0.4 is 10.2 Å². The first kappa shape index (κ1) is 15.8.